The molecule has 0 spiro atoms. The van der Waals surface area contributed by atoms with E-state index in [2.05, 4.69) is 9.97 Å². The molecule has 0 unspecified atom stereocenters. The minimum absolute atomic E-state index is 0.106. The molecule has 0 bridgehead atoms. The minimum atomic E-state index is -2.98. The zero-order chi connectivity index (χ0) is 11.8. The van der Waals surface area contributed by atoms with Gasteiger partial charge in [-0.3, -0.25) is 4.79 Å². The number of sulfone groups is 1. The molecule has 86 valence electrons. The molecule has 1 aliphatic heterocycles. The van der Waals surface area contributed by atoms with Crippen LogP contribution < -0.4 is 0 Å². The van der Waals surface area contributed by atoms with Crippen molar-refractivity contribution in [1.29, 1.82) is 0 Å². The second-order valence-electron chi connectivity index (χ2n) is 3.86. The van der Waals surface area contributed by atoms with Crippen molar-refractivity contribution in [2.24, 2.45) is 0 Å². The number of aryl methyl sites for hydroxylation is 2. The van der Waals surface area contributed by atoms with E-state index >= 15 is 0 Å². The molecule has 0 fully saturated rings. The summed E-state index contributed by atoms with van der Waals surface area (Å²) >= 11 is 0. The third-order valence-electron chi connectivity index (χ3n) is 2.74. The second kappa shape index (κ2) is 3.93. The largest absolute Gasteiger partial charge is 0.294 e. The molecule has 0 N–H and O–H groups in total. The lowest BCUT2D eigenvalue weighted by atomic mass is 10.1. The summed E-state index contributed by atoms with van der Waals surface area (Å²) in [6.07, 6.45) is 1.41. The van der Waals surface area contributed by atoms with E-state index in [0.717, 1.165) is 5.56 Å². The van der Waals surface area contributed by atoms with E-state index in [1.165, 1.54) is 0 Å². The summed E-state index contributed by atoms with van der Waals surface area (Å²) in [7, 11) is -2.98. The average molecular weight is 240 g/mol. The molecule has 5 nitrogen and oxygen atoms in total. The monoisotopic (exact) mass is 240 g/mol. The number of nitrogens with zero attached hydrogens (tertiary/aromatic N) is 2. The maximum Gasteiger partial charge on any atom is 0.193 e. The molecule has 0 aliphatic carbocycles. The lowest BCUT2D eigenvalue weighted by Gasteiger charge is -2.07. The Bertz CT molecular complexity index is 537. The normalized spacial score (nSPS) is 18.6. The van der Waals surface area contributed by atoms with Gasteiger partial charge < -0.3 is 0 Å². The molecule has 0 amide bonds. The lowest BCUT2D eigenvalue weighted by Crippen LogP contribution is -2.10. The van der Waals surface area contributed by atoms with E-state index in [0.29, 0.717) is 30.5 Å². The SMILES string of the molecule is Cc1nc(C=O)nc2c1CCS(=O)(=O)CC2. The number of aromatic nitrogens is 2. The molecular weight excluding hydrogens is 228 g/mol. The molecule has 0 aromatic carbocycles. The van der Waals surface area contributed by atoms with Gasteiger partial charge in [-0.25, -0.2) is 18.4 Å². The third kappa shape index (κ3) is 2.11. The Morgan fingerprint density at radius 3 is 2.56 bits per heavy atom. The van der Waals surface area contributed by atoms with Gasteiger partial charge in [0, 0.05) is 17.8 Å². The maximum atomic E-state index is 11.5. The Morgan fingerprint density at radius 2 is 1.88 bits per heavy atom. The molecule has 2 rings (SSSR count). The predicted octanol–water partition coefficient (Wildman–Crippen LogP) is 0.111. The van der Waals surface area contributed by atoms with Gasteiger partial charge in [-0.2, -0.15) is 0 Å². The lowest BCUT2D eigenvalue weighted by molar-refractivity contribution is 0.111. The van der Waals surface area contributed by atoms with Crippen LogP contribution in [0.4, 0.5) is 0 Å². The highest BCUT2D eigenvalue weighted by Gasteiger charge is 2.21. The van der Waals surface area contributed by atoms with Crippen LogP contribution in [0.3, 0.4) is 0 Å². The molecule has 1 aliphatic rings. The Kier molecular flexibility index (Phi) is 2.75. The van der Waals surface area contributed by atoms with Crippen LogP contribution in [0.5, 0.6) is 0 Å². The zero-order valence-electron chi connectivity index (χ0n) is 8.93. The van der Waals surface area contributed by atoms with Gasteiger partial charge in [0.1, 0.15) is 0 Å². The summed E-state index contributed by atoms with van der Waals surface area (Å²) < 4.78 is 23.0. The topological polar surface area (TPSA) is 77.0 Å². The molecule has 6 heteroatoms. The van der Waals surface area contributed by atoms with Crippen molar-refractivity contribution in [3.8, 4) is 0 Å². The molecule has 0 saturated heterocycles. The third-order valence-corrected chi connectivity index (χ3v) is 4.39. The molecular formula is C10H12N2O3S. The maximum absolute atomic E-state index is 11.5. The number of hydrogen-bond donors (Lipinski definition) is 0. The van der Waals surface area contributed by atoms with Crippen molar-refractivity contribution in [3.05, 3.63) is 22.8 Å². The van der Waals surface area contributed by atoms with Crippen molar-refractivity contribution in [1.82, 2.24) is 9.97 Å². The number of carbonyl (C=O) groups is 1. The van der Waals surface area contributed by atoms with E-state index in [-0.39, 0.29) is 17.3 Å². The summed E-state index contributed by atoms with van der Waals surface area (Å²) in [6, 6.07) is 0. The van der Waals surface area contributed by atoms with Gasteiger partial charge in [0.15, 0.2) is 21.9 Å². The smallest absolute Gasteiger partial charge is 0.193 e. The Balaban J connectivity index is 2.49. The van der Waals surface area contributed by atoms with Crippen molar-refractivity contribution in [2.45, 2.75) is 19.8 Å². The standard InChI is InChI=1S/C10H12N2O3S/c1-7-8-2-4-16(14,15)5-3-9(8)12-10(6-13)11-7/h6H,2-5H2,1H3. The Hall–Kier alpha value is -1.30. The van der Waals surface area contributed by atoms with Crippen LogP contribution in [0.15, 0.2) is 0 Å². The summed E-state index contributed by atoms with van der Waals surface area (Å²) in [5, 5.41) is 0. The summed E-state index contributed by atoms with van der Waals surface area (Å²) in [4.78, 5) is 18.7. The van der Waals surface area contributed by atoms with E-state index in [1.54, 1.807) is 6.92 Å². The highest BCUT2D eigenvalue weighted by Crippen LogP contribution is 2.17. The highest BCUT2D eigenvalue weighted by molar-refractivity contribution is 7.91. The van der Waals surface area contributed by atoms with E-state index in [1.807, 2.05) is 0 Å². The summed E-state index contributed by atoms with van der Waals surface area (Å²) in [5.74, 6) is 0.384. The molecule has 0 saturated carbocycles. The van der Waals surface area contributed by atoms with E-state index in [4.69, 9.17) is 0 Å². The van der Waals surface area contributed by atoms with Crippen molar-refractivity contribution in [2.75, 3.05) is 11.5 Å². The van der Waals surface area contributed by atoms with E-state index < -0.39 is 9.84 Å². The molecule has 1 aromatic heterocycles. The van der Waals surface area contributed by atoms with Gasteiger partial charge in [0.05, 0.1) is 11.5 Å². The Morgan fingerprint density at radius 1 is 1.19 bits per heavy atom. The fourth-order valence-electron chi connectivity index (χ4n) is 1.88. The van der Waals surface area contributed by atoms with Crippen LogP contribution in [-0.4, -0.2) is 36.2 Å². The molecule has 0 atom stereocenters. The number of fused-ring (bicyclic) bond motifs is 1. The van der Waals surface area contributed by atoms with Crippen molar-refractivity contribution in [3.63, 3.8) is 0 Å². The van der Waals surface area contributed by atoms with E-state index in [9.17, 15) is 13.2 Å². The number of rotatable bonds is 1. The minimum Gasteiger partial charge on any atom is -0.294 e. The van der Waals surface area contributed by atoms with Gasteiger partial charge in [-0.05, 0) is 18.9 Å². The first-order valence-electron chi connectivity index (χ1n) is 5.04. The van der Waals surface area contributed by atoms with Crippen LogP contribution in [0.1, 0.15) is 27.6 Å². The zero-order valence-corrected chi connectivity index (χ0v) is 9.75. The first-order valence-corrected chi connectivity index (χ1v) is 6.86. The first-order chi connectivity index (χ1) is 7.52. The highest BCUT2D eigenvalue weighted by atomic mass is 32.2. The quantitative estimate of drug-likeness (QED) is 0.651. The molecule has 16 heavy (non-hydrogen) atoms. The van der Waals surface area contributed by atoms with Crippen LogP contribution in [0.2, 0.25) is 0 Å². The first kappa shape index (κ1) is 11.2. The van der Waals surface area contributed by atoms with Crippen LogP contribution in [0, 0.1) is 6.92 Å². The fourth-order valence-corrected chi connectivity index (χ4v) is 3.10. The van der Waals surface area contributed by atoms with Gasteiger partial charge in [-0.15, -0.1) is 0 Å². The van der Waals surface area contributed by atoms with Crippen molar-refractivity contribution < 1.29 is 13.2 Å². The molecule has 0 radical (unpaired) electrons. The summed E-state index contributed by atoms with van der Waals surface area (Å²) in [5.41, 5.74) is 2.30. The number of aldehydes is 1. The van der Waals surface area contributed by atoms with Gasteiger partial charge in [-0.1, -0.05) is 0 Å². The molecule has 2 heterocycles. The van der Waals surface area contributed by atoms with Crippen LogP contribution in [0.25, 0.3) is 0 Å². The van der Waals surface area contributed by atoms with Gasteiger partial charge >= 0.3 is 0 Å². The number of carbonyl (C=O) groups excluding carboxylic acids is 1. The van der Waals surface area contributed by atoms with Crippen LogP contribution in [-0.2, 0) is 22.7 Å². The number of hydrogen-bond acceptors (Lipinski definition) is 5. The fraction of sp³-hybridized carbons (Fsp3) is 0.500. The Labute approximate surface area is 93.8 Å². The second-order valence-corrected chi connectivity index (χ2v) is 6.17. The summed E-state index contributed by atoms with van der Waals surface area (Å²) in [6.45, 7) is 1.78. The van der Waals surface area contributed by atoms with Crippen molar-refractivity contribution >= 4 is 16.1 Å². The van der Waals surface area contributed by atoms with Gasteiger partial charge in [0.2, 0.25) is 0 Å². The average Bonchev–Trinajstić information content (AvgIpc) is 2.38. The predicted molar refractivity (Wildman–Crippen MR) is 58.2 cm³/mol. The molecule has 1 aromatic rings. The van der Waals surface area contributed by atoms with Gasteiger partial charge in [0.25, 0.3) is 0 Å². The van der Waals surface area contributed by atoms with Crippen LogP contribution >= 0.6 is 0 Å².